The van der Waals surface area contributed by atoms with Crippen LogP contribution in [0.25, 0.3) is 0 Å². The van der Waals surface area contributed by atoms with E-state index in [-0.39, 0.29) is 5.56 Å². The molecule has 0 saturated heterocycles. The molecule has 0 unspecified atom stereocenters. The number of rotatable bonds is 5. The maximum absolute atomic E-state index is 12.5. The topological polar surface area (TPSA) is 64.1 Å². The van der Waals surface area contributed by atoms with Crippen molar-refractivity contribution in [2.45, 2.75) is 19.5 Å². The molecule has 0 saturated carbocycles. The Hall–Kier alpha value is -2.64. The van der Waals surface area contributed by atoms with Gasteiger partial charge in [-0.25, -0.2) is 0 Å². The minimum Gasteiger partial charge on any atom is -0.490 e. The minimum atomic E-state index is -4.54. The van der Waals surface area contributed by atoms with Gasteiger partial charge in [-0.1, -0.05) is 6.92 Å². The van der Waals surface area contributed by atoms with Crippen LogP contribution in [0, 0.1) is 0 Å². The number of hydrogen-bond donors (Lipinski definition) is 1. The molecule has 0 spiro atoms. The SMILES string of the molecule is CCCOc1cnccc1NC(=O)c1ccc(C(F)(F)F)nc1. The van der Waals surface area contributed by atoms with E-state index in [1.807, 2.05) is 6.92 Å². The molecular weight excluding hydrogens is 311 g/mol. The molecule has 0 aliphatic carbocycles. The third-order valence-electron chi connectivity index (χ3n) is 2.81. The number of amides is 1. The van der Waals surface area contributed by atoms with Gasteiger partial charge in [-0.3, -0.25) is 14.8 Å². The molecule has 2 heterocycles. The van der Waals surface area contributed by atoms with Crippen molar-refractivity contribution < 1.29 is 22.7 Å². The van der Waals surface area contributed by atoms with Crippen LogP contribution in [0.4, 0.5) is 18.9 Å². The summed E-state index contributed by atoms with van der Waals surface area (Å²) in [6, 6.07) is 3.37. The van der Waals surface area contributed by atoms with Gasteiger partial charge in [0.25, 0.3) is 5.91 Å². The molecule has 1 N–H and O–H groups in total. The van der Waals surface area contributed by atoms with Gasteiger partial charge in [0.1, 0.15) is 5.69 Å². The molecule has 2 rings (SSSR count). The number of anilines is 1. The zero-order valence-electron chi connectivity index (χ0n) is 12.2. The van der Waals surface area contributed by atoms with E-state index in [0.29, 0.717) is 18.0 Å². The fraction of sp³-hybridized carbons (Fsp3) is 0.267. The Bertz CT molecular complexity index is 672. The largest absolute Gasteiger partial charge is 0.490 e. The first kappa shape index (κ1) is 16.7. The number of nitrogens with one attached hydrogen (secondary N) is 1. The number of carbonyl (C=O) groups is 1. The monoisotopic (exact) mass is 325 g/mol. The second-order valence-corrected chi connectivity index (χ2v) is 4.60. The number of ether oxygens (including phenoxy) is 1. The molecule has 0 aliphatic rings. The van der Waals surface area contributed by atoms with E-state index in [4.69, 9.17) is 4.74 Å². The summed E-state index contributed by atoms with van der Waals surface area (Å²) in [6.45, 7) is 2.39. The van der Waals surface area contributed by atoms with Crippen molar-refractivity contribution in [2.75, 3.05) is 11.9 Å². The van der Waals surface area contributed by atoms with Crippen molar-refractivity contribution in [3.8, 4) is 5.75 Å². The van der Waals surface area contributed by atoms with Crippen molar-refractivity contribution in [3.05, 3.63) is 48.0 Å². The molecule has 2 aromatic rings. The van der Waals surface area contributed by atoms with Crippen molar-refractivity contribution >= 4 is 11.6 Å². The molecule has 0 aromatic carbocycles. The summed E-state index contributed by atoms with van der Waals surface area (Å²) in [5, 5.41) is 2.57. The second kappa shape index (κ2) is 7.08. The van der Waals surface area contributed by atoms with E-state index in [1.54, 1.807) is 6.07 Å². The molecule has 2 aromatic heterocycles. The number of nitrogens with zero attached hydrogens (tertiary/aromatic N) is 2. The molecule has 0 bridgehead atoms. The third kappa shape index (κ3) is 4.41. The Morgan fingerprint density at radius 1 is 1.26 bits per heavy atom. The van der Waals surface area contributed by atoms with Crippen molar-refractivity contribution in [3.63, 3.8) is 0 Å². The normalized spacial score (nSPS) is 11.1. The highest BCUT2D eigenvalue weighted by Gasteiger charge is 2.32. The van der Waals surface area contributed by atoms with Gasteiger partial charge in [0.05, 0.1) is 24.1 Å². The van der Waals surface area contributed by atoms with Gasteiger partial charge >= 0.3 is 6.18 Å². The zero-order chi connectivity index (χ0) is 16.9. The van der Waals surface area contributed by atoms with Crippen LogP contribution in [0.1, 0.15) is 29.4 Å². The average Bonchev–Trinajstić information content (AvgIpc) is 2.53. The van der Waals surface area contributed by atoms with Gasteiger partial charge in [0, 0.05) is 12.4 Å². The summed E-state index contributed by atoms with van der Waals surface area (Å²) >= 11 is 0. The molecule has 5 nitrogen and oxygen atoms in total. The Morgan fingerprint density at radius 2 is 2.04 bits per heavy atom. The summed E-state index contributed by atoms with van der Waals surface area (Å²) in [7, 11) is 0. The molecule has 1 amide bonds. The number of halogens is 3. The molecule has 122 valence electrons. The van der Waals surface area contributed by atoms with Crippen LogP contribution in [0.3, 0.4) is 0 Å². The van der Waals surface area contributed by atoms with E-state index in [1.165, 1.54) is 12.4 Å². The summed E-state index contributed by atoms with van der Waals surface area (Å²) in [5.41, 5.74) is -0.653. The van der Waals surface area contributed by atoms with E-state index < -0.39 is 17.8 Å². The highest BCUT2D eigenvalue weighted by Crippen LogP contribution is 2.27. The molecule has 0 fully saturated rings. The Morgan fingerprint density at radius 3 is 2.65 bits per heavy atom. The predicted octanol–water partition coefficient (Wildman–Crippen LogP) is 3.54. The predicted molar refractivity (Wildman–Crippen MR) is 77.2 cm³/mol. The Kier molecular flexibility index (Phi) is 5.15. The Balaban J connectivity index is 2.13. The van der Waals surface area contributed by atoms with E-state index >= 15 is 0 Å². The van der Waals surface area contributed by atoms with Crippen LogP contribution in [-0.4, -0.2) is 22.5 Å². The van der Waals surface area contributed by atoms with Crippen molar-refractivity contribution in [2.24, 2.45) is 0 Å². The van der Waals surface area contributed by atoms with Gasteiger partial charge < -0.3 is 10.1 Å². The van der Waals surface area contributed by atoms with Gasteiger partial charge in [-0.2, -0.15) is 13.2 Å². The lowest BCUT2D eigenvalue weighted by atomic mass is 10.2. The number of hydrogen-bond acceptors (Lipinski definition) is 4. The number of carbonyl (C=O) groups excluding carboxylic acids is 1. The van der Waals surface area contributed by atoms with Crippen molar-refractivity contribution in [1.29, 1.82) is 0 Å². The van der Waals surface area contributed by atoms with E-state index in [9.17, 15) is 18.0 Å². The van der Waals surface area contributed by atoms with Gasteiger partial charge in [-0.15, -0.1) is 0 Å². The lowest BCUT2D eigenvalue weighted by Crippen LogP contribution is -2.15. The van der Waals surface area contributed by atoms with E-state index in [0.717, 1.165) is 24.8 Å². The Labute approximate surface area is 130 Å². The smallest absolute Gasteiger partial charge is 0.433 e. The molecule has 23 heavy (non-hydrogen) atoms. The van der Waals surface area contributed by atoms with Crippen LogP contribution >= 0.6 is 0 Å². The van der Waals surface area contributed by atoms with Gasteiger partial charge in [-0.05, 0) is 24.6 Å². The van der Waals surface area contributed by atoms with Crippen LogP contribution < -0.4 is 10.1 Å². The second-order valence-electron chi connectivity index (χ2n) is 4.60. The molecule has 0 atom stereocenters. The summed E-state index contributed by atoms with van der Waals surface area (Å²) in [5.74, 6) is -0.193. The third-order valence-corrected chi connectivity index (χ3v) is 2.81. The lowest BCUT2D eigenvalue weighted by Gasteiger charge is -2.11. The summed E-state index contributed by atoms with van der Waals surface area (Å²) in [6.07, 6.45) is 0.0496. The van der Waals surface area contributed by atoms with Gasteiger partial charge in [0.2, 0.25) is 0 Å². The number of pyridine rings is 2. The molecule has 0 radical (unpaired) electrons. The minimum absolute atomic E-state index is 0.0104. The molecular formula is C15H14F3N3O2. The number of alkyl halides is 3. The van der Waals surface area contributed by atoms with Crippen LogP contribution in [0.15, 0.2) is 36.8 Å². The summed E-state index contributed by atoms with van der Waals surface area (Å²) in [4.78, 5) is 19.3. The molecule has 0 aliphatic heterocycles. The zero-order valence-corrected chi connectivity index (χ0v) is 12.2. The fourth-order valence-electron chi connectivity index (χ4n) is 1.70. The standard InChI is InChI=1S/C15H14F3N3O2/c1-2-7-23-12-9-19-6-5-11(12)21-14(22)10-3-4-13(20-8-10)15(16,17)18/h3-6,8-9H,2,7H2,1H3,(H,19,21,22). The maximum atomic E-state index is 12.5. The highest BCUT2D eigenvalue weighted by atomic mass is 19.4. The van der Waals surface area contributed by atoms with Crippen LogP contribution in [0.5, 0.6) is 5.75 Å². The van der Waals surface area contributed by atoms with E-state index in [2.05, 4.69) is 15.3 Å². The quantitative estimate of drug-likeness (QED) is 0.913. The van der Waals surface area contributed by atoms with Gasteiger partial charge in [0.15, 0.2) is 5.75 Å². The fourth-order valence-corrected chi connectivity index (χ4v) is 1.70. The maximum Gasteiger partial charge on any atom is 0.433 e. The van der Waals surface area contributed by atoms with Crippen LogP contribution in [0.2, 0.25) is 0 Å². The highest BCUT2D eigenvalue weighted by molar-refractivity contribution is 6.04. The lowest BCUT2D eigenvalue weighted by molar-refractivity contribution is -0.141. The number of aromatic nitrogens is 2. The van der Waals surface area contributed by atoms with Crippen LogP contribution in [-0.2, 0) is 6.18 Å². The summed E-state index contributed by atoms with van der Waals surface area (Å²) < 4.78 is 42.8. The first-order valence-corrected chi connectivity index (χ1v) is 6.83. The average molecular weight is 325 g/mol. The molecule has 8 heteroatoms. The first-order chi connectivity index (χ1) is 10.9. The first-order valence-electron chi connectivity index (χ1n) is 6.83. The van der Waals surface area contributed by atoms with Crippen molar-refractivity contribution in [1.82, 2.24) is 9.97 Å².